The van der Waals surface area contributed by atoms with Crippen molar-refractivity contribution < 1.29 is 14.7 Å². The van der Waals surface area contributed by atoms with Gasteiger partial charge in [0.15, 0.2) is 0 Å². The highest BCUT2D eigenvalue weighted by molar-refractivity contribution is 5.75. The topological polar surface area (TPSA) is 78.4 Å². The average molecular weight is 278 g/mol. The van der Waals surface area contributed by atoms with Crippen molar-refractivity contribution in [3.8, 4) is 0 Å². The Bertz CT molecular complexity index is 455. The highest BCUT2D eigenvalue weighted by Gasteiger charge is 2.11. The van der Waals surface area contributed by atoms with Gasteiger partial charge in [-0.3, -0.25) is 4.79 Å². The predicted molar refractivity (Wildman–Crippen MR) is 77.6 cm³/mol. The first-order valence-electron chi connectivity index (χ1n) is 6.73. The van der Waals surface area contributed by atoms with E-state index < -0.39 is 11.9 Å². The van der Waals surface area contributed by atoms with Crippen molar-refractivity contribution in [2.45, 2.75) is 33.2 Å². The van der Waals surface area contributed by atoms with E-state index in [0.717, 1.165) is 5.56 Å². The minimum Gasteiger partial charge on any atom is -0.481 e. The van der Waals surface area contributed by atoms with Crippen molar-refractivity contribution in [2.24, 2.45) is 5.92 Å². The first-order valence-corrected chi connectivity index (χ1v) is 6.73. The van der Waals surface area contributed by atoms with Crippen LogP contribution in [0.25, 0.3) is 0 Å². The Labute approximate surface area is 119 Å². The molecule has 0 fully saturated rings. The molecule has 0 bridgehead atoms. The first-order chi connectivity index (χ1) is 9.40. The lowest BCUT2D eigenvalue weighted by Gasteiger charge is -2.11. The molecule has 0 aliphatic carbocycles. The highest BCUT2D eigenvalue weighted by atomic mass is 16.4. The van der Waals surface area contributed by atoms with E-state index in [0.29, 0.717) is 12.5 Å². The molecule has 0 spiro atoms. The average Bonchev–Trinajstić information content (AvgIpc) is 2.42. The van der Waals surface area contributed by atoms with Gasteiger partial charge < -0.3 is 15.7 Å². The van der Waals surface area contributed by atoms with Crippen molar-refractivity contribution in [3.05, 3.63) is 35.4 Å². The molecule has 110 valence electrons. The Morgan fingerprint density at radius 3 is 2.20 bits per heavy atom. The number of carbonyl (C=O) groups excluding carboxylic acids is 1. The zero-order chi connectivity index (χ0) is 15.1. The third-order valence-electron chi connectivity index (χ3n) is 3.09. The Morgan fingerprint density at radius 2 is 1.70 bits per heavy atom. The molecule has 1 aromatic carbocycles. The Balaban J connectivity index is 2.35. The smallest absolute Gasteiger partial charge is 0.315 e. The number of rotatable bonds is 6. The monoisotopic (exact) mass is 278 g/mol. The summed E-state index contributed by atoms with van der Waals surface area (Å²) in [6.07, 6.45) is 0. The summed E-state index contributed by atoms with van der Waals surface area (Å²) in [5.41, 5.74) is 2.27. The van der Waals surface area contributed by atoms with E-state index in [1.807, 2.05) is 24.3 Å². The van der Waals surface area contributed by atoms with E-state index in [4.69, 9.17) is 5.11 Å². The minimum atomic E-state index is -0.922. The first kappa shape index (κ1) is 16.0. The summed E-state index contributed by atoms with van der Waals surface area (Å²) < 4.78 is 0. The zero-order valence-electron chi connectivity index (χ0n) is 12.1. The number of carboxylic acid groups (broad SMARTS) is 1. The molecule has 20 heavy (non-hydrogen) atoms. The molecule has 2 amide bonds. The molecule has 0 aromatic heterocycles. The fourth-order valence-corrected chi connectivity index (χ4v) is 1.60. The molecular weight excluding hydrogens is 256 g/mol. The quantitative estimate of drug-likeness (QED) is 0.747. The molecule has 5 nitrogen and oxygen atoms in total. The SMILES string of the molecule is CC(C)c1ccc(CNC(=O)NC[C@H](C)C(=O)O)cc1. The van der Waals surface area contributed by atoms with Crippen LogP contribution in [0.5, 0.6) is 0 Å². The fraction of sp³-hybridized carbons (Fsp3) is 0.467. The van der Waals surface area contributed by atoms with Crippen LogP contribution < -0.4 is 10.6 Å². The van der Waals surface area contributed by atoms with Crippen LogP contribution in [-0.4, -0.2) is 23.7 Å². The predicted octanol–water partition coefficient (Wildman–Crippen LogP) is 2.33. The Kier molecular flexibility index (Phi) is 6.03. The molecular formula is C15H22N2O3. The number of carbonyl (C=O) groups is 2. The van der Waals surface area contributed by atoms with Crippen molar-refractivity contribution in [3.63, 3.8) is 0 Å². The molecule has 0 unspecified atom stereocenters. The summed E-state index contributed by atoms with van der Waals surface area (Å²) in [6.45, 7) is 6.35. The lowest BCUT2D eigenvalue weighted by Crippen LogP contribution is -2.38. The van der Waals surface area contributed by atoms with Gasteiger partial charge in [0.2, 0.25) is 0 Å². The molecule has 0 radical (unpaired) electrons. The molecule has 1 rings (SSSR count). The summed E-state index contributed by atoms with van der Waals surface area (Å²) in [4.78, 5) is 22.1. The van der Waals surface area contributed by atoms with Gasteiger partial charge in [0.1, 0.15) is 0 Å². The van der Waals surface area contributed by atoms with Crippen LogP contribution in [0, 0.1) is 5.92 Å². The standard InChI is InChI=1S/C15H22N2O3/c1-10(2)13-6-4-12(5-7-13)9-17-15(20)16-8-11(3)14(18)19/h4-7,10-11H,8-9H2,1-3H3,(H,18,19)(H2,16,17,20)/t11-/m0/s1. The van der Waals surface area contributed by atoms with Crippen LogP contribution in [0.3, 0.4) is 0 Å². The second kappa shape index (κ2) is 7.53. The number of urea groups is 1. The third kappa shape index (κ3) is 5.30. The summed E-state index contributed by atoms with van der Waals surface area (Å²) >= 11 is 0. The Morgan fingerprint density at radius 1 is 1.10 bits per heavy atom. The summed E-state index contributed by atoms with van der Waals surface area (Å²) in [6, 6.07) is 7.70. The van der Waals surface area contributed by atoms with Crippen molar-refractivity contribution in [1.29, 1.82) is 0 Å². The maximum atomic E-state index is 11.5. The van der Waals surface area contributed by atoms with E-state index >= 15 is 0 Å². The summed E-state index contributed by atoms with van der Waals surface area (Å²) in [5, 5.41) is 13.9. The van der Waals surface area contributed by atoms with Gasteiger partial charge in [-0.05, 0) is 17.0 Å². The molecule has 1 aromatic rings. The number of amides is 2. The largest absolute Gasteiger partial charge is 0.481 e. The number of aliphatic carboxylic acids is 1. The summed E-state index contributed by atoms with van der Waals surface area (Å²) in [5.74, 6) is -1.03. The van der Waals surface area contributed by atoms with Gasteiger partial charge in [-0.15, -0.1) is 0 Å². The summed E-state index contributed by atoms with van der Waals surface area (Å²) in [7, 11) is 0. The van der Waals surface area contributed by atoms with Gasteiger partial charge in [-0.2, -0.15) is 0 Å². The molecule has 0 saturated heterocycles. The highest BCUT2D eigenvalue weighted by Crippen LogP contribution is 2.14. The van der Waals surface area contributed by atoms with Crippen LogP contribution in [0.2, 0.25) is 0 Å². The molecule has 5 heteroatoms. The van der Waals surface area contributed by atoms with Gasteiger partial charge in [-0.25, -0.2) is 4.79 Å². The molecule has 0 aliphatic rings. The molecule has 0 heterocycles. The number of hydrogen-bond donors (Lipinski definition) is 3. The number of hydrogen-bond acceptors (Lipinski definition) is 2. The van der Waals surface area contributed by atoms with Crippen molar-refractivity contribution in [1.82, 2.24) is 10.6 Å². The lowest BCUT2D eigenvalue weighted by molar-refractivity contribution is -0.140. The molecule has 0 aliphatic heterocycles. The van der Waals surface area contributed by atoms with E-state index in [1.165, 1.54) is 5.56 Å². The van der Waals surface area contributed by atoms with Crippen LogP contribution in [-0.2, 0) is 11.3 Å². The van der Waals surface area contributed by atoms with Gasteiger partial charge >= 0.3 is 12.0 Å². The van der Waals surface area contributed by atoms with Crippen LogP contribution in [0.15, 0.2) is 24.3 Å². The van der Waals surface area contributed by atoms with E-state index in [-0.39, 0.29) is 12.6 Å². The van der Waals surface area contributed by atoms with Crippen molar-refractivity contribution >= 4 is 12.0 Å². The second-order valence-electron chi connectivity index (χ2n) is 5.20. The maximum absolute atomic E-state index is 11.5. The number of nitrogens with one attached hydrogen (secondary N) is 2. The second-order valence-corrected chi connectivity index (χ2v) is 5.20. The molecule has 1 atom stereocenters. The molecule has 0 saturated carbocycles. The van der Waals surface area contributed by atoms with E-state index in [1.54, 1.807) is 6.92 Å². The maximum Gasteiger partial charge on any atom is 0.315 e. The minimum absolute atomic E-state index is 0.119. The van der Waals surface area contributed by atoms with Crippen molar-refractivity contribution in [2.75, 3.05) is 6.54 Å². The number of carboxylic acids is 1. The fourth-order valence-electron chi connectivity index (χ4n) is 1.60. The zero-order valence-corrected chi connectivity index (χ0v) is 12.1. The van der Waals surface area contributed by atoms with Gasteiger partial charge in [-0.1, -0.05) is 45.0 Å². The van der Waals surface area contributed by atoms with Gasteiger partial charge in [0.25, 0.3) is 0 Å². The van der Waals surface area contributed by atoms with Crippen LogP contribution >= 0.6 is 0 Å². The lowest BCUT2D eigenvalue weighted by atomic mass is 10.0. The van der Waals surface area contributed by atoms with Crippen LogP contribution in [0.4, 0.5) is 4.79 Å². The van der Waals surface area contributed by atoms with Gasteiger partial charge in [0.05, 0.1) is 5.92 Å². The number of benzene rings is 1. The van der Waals surface area contributed by atoms with E-state index in [9.17, 15) is 9.59 Å². The molecule has 3 N–H and O–H groups in total. The van der Waals surface area contributed by atoms with Crippen LogP contribution in [0.1, 0.15) is 37.8 Å². The normalized spacial score (nSPS) is 12.0. The van der Waals surface area contributed by atoms with E-state index in [2.05, 4.69) is 24.5 Å². The Hall–Kier alpha value is -2.04. The third-order valence-corrected chi connectivity index (χ3v) is 3.09. The van der Waals surface area contributed by atoms with Gasteiger partial charge in [0, 0.05) is 13.1 Å².